The molecule has 0 saturated heterocycles. The molecule has 0 aromatic heterocycles. The van der Waals surface area contributed by atoms with E-state index in [-0.39, 0.29) is 16.2 Å². The Morgan fingerprint density at radius 2 is 2.00 bits per heavy atom. The summed E-state index contributed by atoms with van der Waals surface area (Å²) >= 11 is 0. The summed E-state index contributed by atoms with van der Waals surface area (Å²) in [5, 5.41) is 0. The van der Waals surface area contributed by atoms with Gasteiger partial charge in [0.1, 0.15) is 5.78 Å². The highest BCUT2D eigenvalue weighted by Gasteiger charge is 2.66. The summed E-state index contributed by atoms with van der Waals surface area (Å²) < 4.78 is 0. The van der Waals surface area contributed by atoms with Gasteiger partial charge in [0.2, 0.25) is 0 Å². The molecule has 0 N–H and O–H groups in total. The molecule has 2 fully saturated rings. The highest BCUT2D eigenvalue weighted by molar-refractivity contribution is 5.89. The van der Waals surface area contributed by atoms with Crippen LogP contribution in [0.1, 0.15) is 52.9 Å². The number of rotatable bonds is 2. The molecule has 2 saturated carbocycles. The molecule has 0 bridgehead atoms. The van der Waals surface area contributed by atoms with Crippen molar-refractivity contribution in [2.45, 2.75) is 52.9 Å². The number of hydrogen-bond donors (Lipinski definition) is 0. The minimum atomic E-state index is -0.153. The van der Waals surface area contributed by atoms with E-state index in [1.807, 2.05) is 6.08 Å². The molecule has 0 aliphatic heterocycles. The van der Waals surface area contributed by atoms with E-state index in [1.165, 1.54) is 19.3 Å². The zero-order valence-electron chi connectivity index (χ0n) is 10.2. The molecule has 0 aromatic rings. The molecule has 0 radical (unpaired) electrons. The van der Waals surface area contributed by atoms with Gasteiger partial charge in [-0.25, -0.2) is 0 Å². The summed E-state index contributed by atoms with van der Waals surface area (Å²) in [5.74, 6) is 0.465. The quantitative estimate of drug-likeness (QED) is 0.629. The van der Waals surface area contributed by atoms with Crippen LogP contribution in [0.4, 0.5) is 0 Å². The molecule has 0 aromatic carbocycles. The van der Waals surface area contributed by atoms with Gasteiger partial charge in [-0.3, -0.25) is 4.79 Å². The van der Waals surface area contributed by atoms with Crippen LogP contribution in [0, 0.1) is 16.2 Å². The van der Waals surface area contributed by atoms with E-state index >= 15 is 0 Å². The topological polar surface area (TPSA) is 17.1 Å². The number of ketones is 1. The first-order valence-corrected chi connectivity index (χ1v) is 6.04. The SMILES string of the molecule is C=CC[C@@]1(C)C(=O)C[C@@]2(C)CCC[C@]21C. The number of fused-ring (bicyclic) bond motifs is 1. The van der Waals surface area contributed by atoms with Crippen LogP contribution < -0.4 is 0 Å². The monoisotopic (exact) mass is 206 g/mol. The van der Waals surface area contributed by atoms with Crippen molar-refractivity contribution in [1.29, 1.82) is 0 Å². The highest BCUT2D eigenvalue weighted by Crippen LogP contribution is 2.69. The number of carbonyl (C=O) groups excluding carboxylic acids is 1. The number of allylic oxidation sites excluding steroid dienone is 1. The Labute approximate surface area is 92.9 Å². The summed E-state index contributed by atoms with van der Waals surface area (Å²) in [5.41, 5.74) is 0.299. The fourth-order valence-corrected chi connectivity index (χ4v) is 4.12. The fraction of sp³-hybridized carbons (Fsp3) is 0.786. The Balaban J connectivity index is 2.48. The van der Waals surface area contributed by atoms with Gasteiger partial charge in [-0.05, 0) is 30.1 Å². The van der Waals surface area contributed by atoms with Crippen molar-refractivity contribution in [2.24, 2.45) is 16.2 Å². The number of carbonyl (C=O) groups is 1. The Morgan fingerprint density at radius 3 is 2.60 bits per heavy atom. The first kappa shape index (κ1) is 10.9. The van der Waals surface area contributed by atoms with Crippen molar-refractivity contribution in [3.8, 4) is 0 Å². The molecule has 1 nitrogen and oxygen atoms in total. The lowest BCUT2D eigenvalue weighted by atomic mass is 9.59. The third kappa shape index (κ3) is 1.07. The van der Waals surface area contributed by atoms with Crippen molar-refractivity contribution in [2.75, 3.05) is 0 Å². The molecule has 0 unspecified atom stereocenters. The predicted molar refractivity (Wildman–Crippen MR) is 62.6 cm³/mol. The van der Waals surface area contributed by atoms with E-state index in [2.05, 4.69) is 27.4 Å². The maximum absolute atomic E-state index is 12.3. The average molecular weight is 206 g/mol. The van der Waals surface area contributed by atoms with Gasteiger partial charge < -0.3 is 0 Å². The molecule has 0 heterocycles. The third-order valence-corrected chi connectivity index (χ3v) is 5.67. The number of hydrogen-bond acceptors (Lipinski definition) is 1. The first-order valence-electron chi connectivity index (χ1n) is 6.04. The van der Waals surface area contributed by atoms with Crippen LogP contribution in [-0.2, 0) is 4.79 Å². The smallest absolute Gasteiger partial charge is 0.140 e. The van der Waals surface area contributed by atoms with Crippen LogP contribution in [0.3, 0.4) is 0 Å². The maximum atomic E-state index is 12.3. The molecule has 3 atom stereocenters. The molecule has 2 rings (SSSR count). The van der Waals surface area contributed by atoms with E-state index in [0.717, 1.165) is 12.8 Å². The van der Waals surface area contributed by atoms with Gasteiger partial charge in [0.25, 0.3) is 0 Å². The Bertz CT molecular complexity index is 319. The minimum absolute atomic E-state index is 0.153. The van der Waals surface area contributed by atoms with E-state index in [1.54, 1.807) is 0 Å². The lowest BCUT2D eigenvalue weighted by Gasteiger charge is -2.44. The van der Waals surface area contributed by atoms with Crippen LogP contribution in [0.2, 0.25) is 0 Å². The van der Waals surface area contributed by atoms with Crippen molar-refractivity contribution < 1.29 is 4.79 Å². The second-order valence-electron chi connectivity index (χ2n) is 6.17. The molecular weight excluding hydrogens is 184 g/mol. The molecule has 84 valence electrons. The zero-order valence-corrected chi connectivity index (χ0v) is 10.2. The van der Waals surface area contributed by atoms with Gasteiger partial charge in [0.15, 0.2) is 0 Å². The van der Waals surface area contributed by atoms with Crippen molar-refractivity contribution in [1.82, 2.24) is 0 Å². The van der Waals surface area contributed by atoms with Crippen LogP contribution in [-0.4, -0.2) is 5.78 Å². The molecule has 0 amide bonds. The van der Waals surface area contributed by atoms with Gasteiger partial charge in [0, 0.05) is 11.8 Å². The Kier molecular flexibility index (Phi) is 2.15. The van der Waals surface area contributed by atoms with Gasteiger partial charge in [-0.2, -0.15) is 0 Å². The van der Waals surface area contributed by atoms with Gasteiger partial charge in [-0.15, -0.1) is 6.58 Å². The second-order valence-corrected chi connectivity index (χ2v) is 6.17. The fourth-order valence-electron chi connectivity index (χ4n) is 4.12. The van der Waals surface area contributed by atoms with Crippen molar-refractivity contribution >= 4 is 5.78 Å². The Morgan fingerprint density at radius 1 is 1.33 bits per heavy atom. The summed E-state index contributed by atoms with van der Waals surface area (Å²) in [7, 11) is 0. The van der Waals surface area contributed by atoms with Crippen LogP contribution in [0.25, 0.3) is 0 Å². The largest absolute Gasteiger partial charge is 0.299 e. The lowest BCUT2D eigenvalue weighted by molar-refractivity contribution is -0.128. The first-order chi connectivity index (χ1) is 6.90. The summed E-state index contributed by atoms with van der Waals surface area (Å²) in [4.78, 5) is 12.3. The maximum Gasteiger partial charge on any atom is 0.140 e. The number of Topliss-reactive ketones (excluding diaryl/α,β-unsaturated/α-hetero) is 1. The van der Waals surface area contributed by atoms with E-state index in [9.17, 15) is 4.79 Å². The normalized spacial score (nSPS) is 49.4. The minimum Gasteiger partial charge on any atom is -0.299 e. The summed E-state index contributed by atoms with van der Waals surface area (Å²) in [6.45, 7) is 10.6. The average Bonchev–Trinajstić information content (AvgIpc) is 2.49. The Hall–Kier alpha value is -0.590. The standard InChI is InChI=1S/C14H22O/c1-5-7-13(3)11(15)10-12(2)8-6-9-14(12,13)4/h5H,1,6-10H2,2-4H3/t12-,13+,14-/m1/s1. The molecule has 2 aliphatic carbocycles. The third-order valence-electron chi connectivity index (χ3n) is 5.67. The lowest BCUT2D eigenvalue weighted by Crippen LogP contribution is -2.40. The molecular formula is C14H22O. The van der Waals surface area contributed by atoms with Crippen LogP contribution in [0.15, 0.2) is 12.7 Å². The molecule has 1 heteroatoms. The van der Waals surface area contributed by atoms with E-state index < -0.39 is 0 Å². The highest BCUT2D eigenvalue weighted by atomic mass is 16.1. The van der Waals surface area contributed by atoms with Gasteiger partial charge in [0.05, 0.1) is 0 Å². The second kappa shape index (κ2) is 2.96. The van der Waals surface area contributed by atoms with E-state index in [0.29, 0.717) is 5.78 Å². The zero-order chi connectivity index (χ0) is 11.3. The van der Waals surface area contributed by atoms with Crippen LogP contribution in [0.5, 0.6) is 0 Å². The molecule has 2 aliphatic rings. The predicted octanol–water partition coefficient (Wildman–Crippen LogP) is 3.74. The van der Waals surface area contributed by atoms with E-state index in [4.69, 9.17) is 0 Å². The van der Waals surface area contributed by atoms with Crippen molar-refractivity contribution in [3.63, 3.8) is 0 Å². The summed E-state index contributed by atoms with van der Waals surface area (Å²) in [6.07, 6.45) is 7.27. The van der Waals surface area contributed by atoms with Crippen LogP contribution >= 0.6 is 0 Å². The van der Waals surface area contributed by atoms with Crippen molar-refractivity contribution in [3.05, 3.63) is 12.7 Å². The molecule has 0 spiro atoms. The van der Waals surface area contributed by atoms with Gasteiger partial charge in [-0.1, -0.05) is 33.3 Å². The summed E-state index contributed by atoms with van der Waals surface area (Å²) in [6, 6.07) is 0. The van der Waals surface area contributed by atoms with Gasteiger partial charge >= 0.3 is 0 Å². The molecule has 15 heavy (non-hydrogen) atoms.